The third-order valence-electron chi connectivity index (χ3n) is 3.90. The van der Waals surface area contributed by atoms with Crippen molar-refractivity contribution >= 4 is 12.0 Å². The fraction of sp³-hybridized carbons (Fsp3) is 0.857. The van der Waals surface area contributed by atoms with E-state index in [2.05, 4.69) is 5.32 Å². The minimum atomic E-state index is -0.922. The molecule has 0 saturated carbocycles. The number of amides is 2. The fourth-order valence-corrected chi connectivity index (χ4v) is 2.36. The molecule has 122 valence electrons. The summed E-state index contributed by atoms with van der Waals surface area (Å²) in [4.78, 5) is 24.5. The molecule has 2 amide bonds. The van der Waals surface area contributed by atoms with Gasteiger partial charge >= 0.3 is 12.0 Å². The number of carboxylic acids is 1. The van der Waals surface area contributed by atoms with E-state index in [1.165, 1.54) is 4.90 Å². The predicted molar refractivity (Wildman–Crippen MR) is 77.0 cm³/mol. The van der Waals surface area contributed by atoms with E-state index in [0.717, 1.165) is 0 Å². The first-order valence-electron chi connectivity index (χ1n) is 7.27. The fourth-order valence-electron chi connectivity index (χ4n) is 2.36. The van der Waals surface area contributed by atoms with Crippen molar-refractivity contribution in [2.75, 3.05) is 33.4 Å². The van der Waals surface area contributed by atoms with Gasteiger partial charge in [-0.05, 0) is 5.92 Å². The van der Waals surface area contributed by atoms with Crippen LogP contribution in [0.5, 0.6) is 0 Å². The van der Waals surface area contributed by atoms with Crippen LogP contribution in [0.4, 0.5) is 4.79 Å². The molecule has 7 nitrogen and oxygen atoms in total. The lowest BCUT2D eigenvalue weighted by molar-refractivity contribution is -0.143. The molecule has 1 aliphatic rings. The van der Waals surface area contributed by atoms with Crippen LogP contribution in [-0.2, 0) is 9.53 Å². The minimum Gasteiger partial charge on any atom is -0.481 e. The number of carbonyl (C=O) groups excluding carboxylic acids is 1. The number of ether oxygens (including phenoxy) is 1. The van der Waals surface area contributed by atoms with Crippen LogP contribution in [0.1, 0.15) is 26.7 Å². The molecule has 0 radical (unpaired) electrons. The number of likely N-dealkylation sites (N-methyl/N-ethyl adjacent to an activating group) is 1. The first-order chi connectivity index (χ1) is 9.75. The van der Waals surface area contributed by atoms with Gasteiger partial charge in [0.15, 0.2) is 0 Å². The van der Waals surface area contributed by atoms with E-state index in [4.69, 9.17) is 9.84 Å². The molecule has 1 atom stereocenters. The Morgan fingerprint density at radius 2 is 1.90 bits per heavy atom. The second-order valence-electron chi connectivity index (χ2n) is 6.07. The van der Waals surface area contributed by atoms with E-state index in [1.807, 2.05) is 0 Å². The van der Waals surface area contributed by atoms with Gasteiger partial charge in [-0.15, -0.1) is 0 Å². The largest absolute Gasteiger partial charge is 0.481 e. The summed E-state index contributed by atoms with van der Waals surface area (Å²) in [6, 6.07) is -0.373. The van der Waals surface area contributed by atoms with Crippen LogP contribution in [0.15, 0.2) is 0 Å². The molecule has 0 bridgehead atoms. The number of hydrogen-bond donors (Lipinski definition) is 3. The number of rotatable bonds is 6. The monoisotopic (exact) mass is 302 g/mol. The van der Waals surface area contributed by atoms with Crippen LogP contribution in [-0.4, -0.2) is 66.1 Å². The molecule has 1 saturated heterocycles. The summed E-state index contributed by atoms with van der Waals surface area (Å²) in [6.45, 7) is 4.87. The molecule has 0 aromatic rings. The maximum Gasteiger partial charge on any atom is 0.317 e. The molecule has 7 heteroatoms. The molecule has 3 N–H and O–H groups in total. The number of nitrogens with one attached hydrogen (secondary N) is 1. The predicted octanol–water partition coefficient (Wildman–Crippen LogP) is 0.526. The van der Waals surface area contributed by atoms with Crippen molar-refractivity contribution in [2.45, 2.75) is 32.3 Å². The molecular formula is C14H26N2O5. The molecule has 1 heterocycles. The van der Waals surface area contributed by atoms with E-state index < -0.39 is 17.5 Å². The lowest BCUT2D eigenvalue weighted by Crippen LogP contribution is -2.50. The number of nitrogens with zero attached hydrogens (tertiary/aromatic N) is 1. The van der Waals surface area contributed by atoms with Crippen LogP contribution in [0, 0.1) is 11.8 Å². The Morgan fingerprint density at radius 3 is 2.38 bits per heavy atom. The van der Waals surface area contributed by atoms with Gasteiger partial charge in [0.25, 0.3) is 0 Å². The van der Waals surface area contributed by atoms with Crippen molar-refractivity contribution in [3.05, 3.63) is 0 Å². The molecular weight excluding hydrogens is 276 g/mol. The average Bonchev–Trinajstić information content (AvgIpc) is 2.38. The Hall–Kier alpha value is -1.34. The lowest BCUT2D eigenvalue weighted by atomic mass is 9.94. The van der Waals surface area contributed by atoms with Gasteiger partial charge in [-0.1, -0.05) is 13.8 Å². The van der Waals surface area contributed by atoms with Crippen LogP contribution in [0.25, 0.3) is 0 Å². The maximum atomic E-state index is 12.0. The molecule has 0 aromatic heterocycles. The van der Waals surface area contributed by atoms with E-state index in [-0.39, 0.29) is 25.0 Å². The number of carbonyl (C=O) groups is 2. The molecule has 1 fully saturated rings. The second kappa shape index (κ2) is 7.61. The summed E-state index contributed by atoms with van der Waals surface area (Å²) in [5, 5.41) is 22.0. The summed E-state index contributed by atoms with van der Waals surface area (Å²) < 4.78 is 5.19. The number of aliphatic carboxylic acids is 1. The summed E-state index contributed by atoms with van der Waals surface area (Å²) in [6.07, 6.45) is 0.989. The van der Waals surface area contributed by atoms with Gasteiger partial charge in [0.05, 0.1) is 18.1 Å². The smallest absolute Gasteiger partial charge is 0.317 e. The third-order valence-corrected chi connectivity index (χ3v) is 3.90. The SMILES string of the molecule is CC(C)C(CNC(=O)N(C)CC1(O)CCOCC1)C(=O)O. The highest BCUT2D eigenvalue weighted by atomic mass is 16.5. The first-order valence-corrected chi connectivity index (χ1v) is 7.27. The van der Waals surface area contributed by atoms with Crippen LogP contribution in [0.2, 0.25) is 0 Å². The Bertz CT molecular complexity index is 366. The zero-order valence-corrected chi connectivity index (χ0v) is 13.0. The van der Waals surface area contributed by atoms with Crippen LogP contribution >= 0.6 is 0 Å². The minimum absolute atomic E-state index is 0.0622. The van der Waals surface area contributed by atoms with E-state index in [1.54, 1.807) is 20.9 Å². The summed E-state index contributed by atoms with van der Waals surface area (Å²) >= 11 is 0. The summed E-state index contributed by atoms with van der Waals surface area (Å²) in [5.74, 6) is -1.60. The van der Waals surface area contributed by atoms with Crippen LogP contribution < -0.4 is 5.32 Å². The topological polar surface area (TPSA) is 99.1 Å². The van der Waals surface area contributed by atoms with E-state index in [0.29, 0.717) is 26.1 Å². The van der Waals surface area contributed by atoms with Gasteiger partial charge in [0.1, 0.15) is 0 Å². The van der Waals surface area contributed by atoms with E-state index >= 15 is 0 Å². The molecule has 0 aliphatic carbocycles. The average molecular weight is 302 g/mol. The molecule has 1 aliphatic heterocycles. The van der Waals surface area contributed by atoms with Crippen molar-refractivity contribution < 1.29 is 24.5 Å². The van der Waals surface area contributed by atoms with Crippen molar-refractivity contribution in [2.24, 2.45) is 11.8 Å². The Balaban J connectivity index is 2.45. The Labute approximate surface area is 125 Å². The lowest BCUT2D eigenvalue weighted by Gasteiger charge is -2.35. The van der Waals surface area contributed by atoms with Gasteiger partial charge in [-0.2, -0.15) is 0 Å². The van der Waals surface area contributed by atoms with Gasteiger partial charge in [0, 0.05) is 39.6 Å². The molecule has 0 spiro atoms. The zero-order chi connectivity index (χ0) is 16.0. The highest BCUT2D eigenvalue weighted by Crippen LogP contribution is 2.21. The Morgan fingerprint density at radius 1 is 1.33 bits per heavy atom. The van der Waals surface area contributed by atoms with Gasteiger partial charge in [-0.3, -0.25) is 4.79 Å². The highest BCUT2D eigenvalue weighted by molar-refractivity contribution is 5.76. The van der Waals surface area contributed by atoms with Crippen molar-refractivity contribution in [3.63, 3.8) is 0 Å². The normalized spacial score (nSPS) is 19.1. The zero-order valence-electron chi connectivity index (χ0n) is 13.0. The summed E-state index contributed by atoms with van der Waals surface area (Å²) in [7, 11) is 1.59. The number of aliphatic hydroxyl groups is 1. The van der Waals surface area contributed by atoms with Crippen molar-refractivity contribution in [1.82, 2.24) is 10.2 Å². The highest BCUT2D eigenvalue weighted by Gasteiger charge is 2.32. The number of urea groups is 1. The van der Waals surface area contributed by atoms with Crippen molar-refractivity contribution in [3.8, 4) is 0 Å². The van der Waals surface area contributed by atoms with Crippen molar-refractivity contribution in [1.29, 1.82) is 0 Å². The summed E-state index contributed by atoms with van der Waals surface area (Å²) in [5.41, 5.74) is -0.922. The second-order valence-corrected chi connectivity index (χ2v) is 6.07. The number of carboxylic acid groups (broad SMARTS) is 1. The molecule has 1 unspecified atom stereocenters. The quantitative estimate of drug-likeness (QED) is 0.664. The van der Waals surface area contributed by atoms with Crippen LogP contribution in [0.3, 0.4) is 0 Å². The standard InChI is InChI=1S/C14H26N2O5/c1-10(2)11(12(17)18)8-15-13(19)16(3)9-14(20)4-6-21-7-5-14/h10-11,20H,4-9H2,1-3H3,(H,15,19)(H,17,18). The Kier molecular flexibility index (Phi) is 6.42. The number of hydrogen-bond acceptors (Lipinski definition) is 4. The molecule has 0 aromatic carbocycles. The van der Waals surface area contributed by atoms with Gasteiger partial charge in [-0.25, -0.2) is 4.79 Å². The first kappa shape index (κ1) is 17.7. The van der Waals surface area contributed by atoms with Gasteiger partial charge < -0.3 is 25.2 Å². The molecule has 1 rings (SSSR count). The maximum absolute atomic E-state index is 12.0. The molecule has 21 heavy (non-hydrogen) atoms. The van der Waals surface area contributed by atoms with E-state index in [9.17, 15) is 14.7 Å². The third kappa shape index (κ3) is 5.51. The van der Waals surface area contributed by atoms with Gasteiger partial charge in [0.2, 0.25) is 0 Å².